The first kappa shape index (κ1) is 14.8. The molecule has 0 bridgehead atoms. The van der Waals surface area contributed by atoms with Crippen molar-refractivity contribution in [3.63, 3.8) is 0 Å². The van der Waals surface area contributed by atoms with Crippen molar-refractivity contribution in [2.24, 2.45) is 0 Å². The molecule has 0 aliphatic heterocycles. The summed E-state index contributed by atoms with van der Waals surface area (Å²) in [6.07, 6.45) is 0. The summed E-state index contributed by atoms with van der Waals surface area (Å²) in [5.74, 6) is 0. The smallest absolute Gasteiger partial charge is 0.183 e. The van der Waals surface area contributed by atoms with Crippen molar-refractivity contribution in [2.45, 2.75) is 0 Å². The van der Waals surface area contributed by atoms with E-state index in [-0.39, 0.29) is 0 Å². The highest BCUT2D eigenvalue weighted by molar-refractivity contribution is 7.19. The molecule has 0 aliphatic carbocycles. The van der Waals surface area contributed by atoms with Gasteiger partial charge in [-0.1, -0.05) is 72.0 Å². The Morgan fingerprint density at radius 3 is 2.23 bits per heavy atom. The lowest BCUT2D eigenvalue weighted by Gasteiger charge is -2.02. The molecule has 112 valence electrons. The number of hydrogen-bond donors (Lipinski definition) is 1. The lowest BCUT2D eigenvalue weighted by molar-refractivity contribution is 0.211. The molecule has 2 aromatic carbocycles. The maximum absolute atomic E-state index is 5.08. The highest BCUT2D eigenvalue weighted by atomic mass is 32.1. The molecule has 1 heterocycles. The summed E-state index contributed by atoms with van der Waals surface area (Å²) >= 11 is 1.68. The second-order valence-electron chi connectivity index (χ2n) is 4.85. The van der Waals surface area contributed by atoms with E-state index < -0.39 is 0 Å². The fraction of sp³-hybridized carbons (Fsp3) is 0.167. The van der Waals surface area contributed by atoms with Gasteiger partial charge in [0.05, 0.1) is 17.2 Å². The fourth-order valence-corrected chi connectivity index (χ4v) is 3.25. The van der Waals surface area contributed by atoms with Gasteiger partial charge < -0.3 is 10.1 Å². The number of methoxy groups -OCH3 is 1. The Labute approximate surface area is 134 Å². The average Bonchev–Trinajstić information content (AvgIpc) is 3.01. The standard InChI is InChI=1S/C18H18N2OS/c1-21-13-12-19-18-20-16(14-8-4-2-5-9-14)17(22-18)15-10-6-3-7-11-15/h2-11H,12-13H2,1H3,(H,19,20). The van der Waals surface area contributed by atoms with Crippen LogP contribution in [-0.2, 0) is 4.74 Å². The molecule has 3 rings (SSSR count). The summed E-state index contributed by atoms with van der Waals surface area (Å²) in [6, 6.07) is 20.7. The number of benzene rings is 2. The van der Waals surface area contributed by atoms with Crippen molar-refractivity contribution in [3.05, 3.63) is 60.7 Å². The first-order chi connectivity index (χ1) is 10.9. The average molecular weight is 310 g/mol. The van der Waals surface area contributed by atoms with Gasteiger partial charge in [-0.15, -0.1) is 0 Å². The highest BCUT2D eigenvalue weighted by Crippen LogP contribution is 2.38. The van der Waals surface area contributed by atoms with Crippen LogP contribution in [-0.4, -0.2) is 25.2 Å². The van der Waals surface area contributed by atoms with Gasteiger partial charge in [0.2, 0.25) is 0 Å². The lowest BCUT2D eigenvalue weighted by Crippen LogP contribution is -2.06. The van der Waals surface area contributed by atoms with Crippen LogP contribution in [0.25, 0.3) is 21.7 Å². The molecule has 3 nitrogen and oxygen atoms in total. The van der Waals surface area contributed by atoms with E-state index in [1.165, 1.54) is 10.4 Å². The molecule has 0 atom stereocenters. The van der Waals surface area contributed by atoms with Crippen molar-refractivity contribution in [1.29, 1.82) is 0 Å². The molecule has 1 N–H and O–H groups in total. The largest absolute Gasteiger partial charge is 0.383 e. The molecule has 0 radical (unpaired) electrons. The molecule has 0 fully saturated rings. The van der Waals surface area contributed by atoms with Crippen LogP contribution in [0, 0.1) is 0 Å². The second kappa shape index (κ2) is 7.20. The SMILES string of the molecule is COCCNc1nc(-c2ccccc2)c(-c2ccccc2)s1. The molecular formula is C18H18N2OS. The summed E-state index contributed by atoms with van der Waals surface area (Å²) < 4.78 is 5.08. The Hall–Kier alpha value is -2.17. The molecule has 0 saturated heterocycles. The van der Waals surface area contributed by atoms with Gasteiger partial charge in [0, 0.05) is 19.2 Å². The van der Waals surface area contributed by atoms with Crippen molar-refractivity contribution >= 4 is 16.5 Å². The number of rotatable bonds is 6. The van der Waals surface area contributed by atoms with E-state index in [1.807, 2.05) is 24.3 Å². The van der Waals surface area contributed by atoms with E-state index in [2.05, 4.69) is 41.7 Å². The van der Waals surface area contributed by atoms with Crippen LogP contribution in [0.2, 0.25) is 0 Å². The molecule has 4 heteroatoms. The maximum atomic E-state index is 5.08. The Morgan fingerprint density at radius 2 is 1.59 bits per heavy atom. The molecular weight excluding hydrogens is 292 g/mol. The van der Waals surface area contributed by atoms with E-state index in [0.29, 0.717) is 6.61 Å². The third kappa shape index (κ3) is 3.35. The minimum atomic E-state index is 0.668. The molecule has 0 spiro atoms. The zero-order chi connectivity index (χ0) is 15.2. The molecule has 0 saturated carbocycles. The van der Waals surface area contributed by atoms with Crippen LogP contribution in [0.3, 0.4) is 0 Å². The minimum Gasteiger partial charge on any atom is -0.383 e. The van der Waals surface area contributed by atoms with Crippen LogP contribution in [0.1, 0.15) is 0 Å². The number of nitrogens with zero attached hydrogens (tertiary/aromatic N) is 1. The summed E-state index contributed by atoms with van der Waals surface area (Å²) in [7, 11) is 1.70. The van der Waals surface area contributed by atoms with Crippen LogP contribution in [0.15, 0.2) is 60.7 Å². The summed E-state index contributed by atoms with van der Waals surface area (Å²) in [6.45, 7) is 1.42. The first-order valence-corrected chi connectivity index (χ1v) is 8.04. The highest BCUT2D eigenvalue weighted by Gasteiger charge is 2.14. The van der Waals surface area contributed by atoms with Gasteiger partial charge in [-0.2, -0.15) is 0 Å². The molecule has 0 amide bonds. The van der Waals surface area contributed by atoms with Crippen LogP contribution >= 0.6 is 11.3 Å². The number of aromatic nitrogens is 1. The predicted molar refractivity (Wildman–Crippen MR) is 93.4 cm³/mol. The molecule has 1 aromatic heterocycles. The van der Waals surface area contributed by atoms with Gasteiger partial charge in [-0.25, -0.2) is 4.98 Å². The molecule has 0 unspecified atom stereocenters. The van der Waals surface area contributed by atoms with Gasteiger partial charge >= 0.3 is 0 Å². The third-order valence-corrected chi connectivity index (χ3v) is 4.35. The Balaban J connectivity index is 1.99. The predicted octanol–water partition coefficient (Wildman–Crippen LogP) is 4.54. The van der Waals surface area contributed by atoms with Crippen molar-refractivity contribution in [2.75, 3.05) is 25.6 Å². The van der Waals surface area contributed by atoms with E-state index in [9.17, 15) is 0 Å². The number of anilines is 1. The number of hydrogen-bond acceptors (Lipinski definition) is 4. The summed E-state index contributed by atoms with van der Waals surface area (Å²) in [5.41, 5.74) is 3.35. The van der Waals surface area contributed by atoms with Crippen molar-refractivity contribution in [3.8, 4) is 21.7 Å². The van der Waals surface area contributed by atoms with Gasteiger partial charge in [0.1, 0.15) is 0 Å². The quantitative estimate of drug-likeness (QED) is 0.679. The monoisotopic (exact) mass is 310 g/mol. The summed E-state index contributed by atoms with van der Waals surface area (Å²) in [4.78, 5) is 5.97. The van der Waals surface area contributed by atoms with E-state index in [1.54, 1.807) is 18.4 Å². The number of nitrogens with one attached hydrogen (secondary N) is 1. The maximum Gasteiger partial charge on any atom is 0.183 e. The number of thiazole rings is 1. The molecule has 3 aromatic rings. The van der Waals surface area contributed by atoms with Crippen molar-refractivity contribution < 1.29 is 4.74 Å². The van der Waals surface area contributed by atoms with Crippen molar-refractivity contribution in [1.82, 2.24) is 4.98 Å². The van der Waals surface area contributed by atoms with Crippen LogP contribution in [0.5, 0.6) is 0 Å². The second-order valence-corrected chi connectivity index (χ2v) is 5.85. The van der Waals surface area contributed by atoms with E-state index in [0.717, 1.165) is 22.9 Å². The van der Waals surface area contributed by atoms with Gasteiger partial charge in [0.15, 0.2) is 5.13 Å². The number of ether oxygens (including phenoxy) is 1. The first-order valence-electron chi connectivity index (χ1n) is 7.23. The zero-order valence-corrected chi connectivity index (χ0v) is 13.3. The lowest BCUT2D eigenvalue weighted by atomic mass is 10.1. The Bertz CT molecular complexity index is 653. The van der Waals surface area contributed by atoms with Gasteiger partial charge in [-0.05, 0) is 5.56 Å². The summed E-state index contributed by atoms with van der Waals surface area (Å²) in [5, 5.41) is 4.25. The molecule has 22 heavy (non-hydrogen) atoms. The Kier molecular flexibility index (Phi) is 4.83. The van der Waals surface area contributed by atoms with Gasteiger partial charge in [-0.3, -0.25) is 0 Å². The third-order valence-electron chi connectivity index (χ3n) is 3.29. The molecule has 0 aliphatic rings. The topological polar surface area (TPSA) is 34.1 Å². The van der Waals surface area contributed by atoms with Gasteiger partial charge in [0.25, 0.3) is 0 Å². The van der Waals surface area contributed by atoms with Crippen LogP contribution in [0.4, 0.5) is 5.13 Å². The zero-order valence-electron chi connectivity index (χ0n) is 12.5. The Morgan fingerprint density at radius 1 is 0.955 bits per heavy atom. The van der Waals surface area contributed by atoms with E-state index in [4.69, 9.17) is 9.72 Å². The fourth-order valence-electron chi connectivity index (χ4n) is 2.23. The normalized spacial score (nSPS) is 10.6. The minimum absolute atomic E-state index is 0.668. The van der Waals surface area contributed by atoms with Crippen LogP contribution < -0.4 is 5.32 Å². The van der Waals surface area contributed by atoms with E-state index >= 15 is 0 Å².